The Hall–Kier alpha value is -3.04. The minimum absolute atomic E-state index is 0.0109. The SMILES string of the molecule is Cc1cc(NC(=O)CN(C)CC(=O)Nc2ccccc2Br)n(-c2ccc(F)cc2)n1. The van der Waals surface area contributed by atoms with Crippen LogP contribution in [0, 0.1) is 12.7 Å². The number of nitrogens with zero attached hydrogens (tertiary/aromatic N) is 3. The molecule has 1 aromatic heterocycles. The Labute approximate surface area is 182 Å². The molecule has 7 nitrogen and oxygen atoms in total. The van der Waals surface area contributed by atoms with Crippen LogP contribution in [0.4, 0.5) is 15.9 Å². The third-order valence-corrected chi connectivity index (χ3v) is 4.84. The number of carbonyl (C=O) groups is 2. The molecule has 9 heteroatoms. The molecule has 3 aromatic rings. The second kappa shape index (κ2) is 9.64. The number of amides is 2. The van der Waals surface area contributed by atoms with E-state index in [1.807, 2.05) is 18.2 Å². The Bertz CT molecular complexity index is 1050. The molecule has 156 valence electrons. The van der Waals surface area contributed by atoms with E-state index < -0.39 is 0 Å². The second-order valence-electron chi connectivity index (χ2n) is 6.81. The highest BCUT2D eigenvalue weighted by Gasteiger charge is 2.15. The molecule has 2 amide bonds. The van der Waals surface area contributed by atoms with Gasteiger partial charge in [-0.1, -0.05) is 12.1 Å². The standard InChI is InChI=1S/C21H21BrFN5O2/c1-14-11-19(28(26-14)16-9-7-15(23)8-10-16)25-21(30)13-27(2)12-20(29)24-18-6-4-3-5-17(18)22/h3-11H,12-13H2,1-2H3,(H,24,29)(H,25,30). The van der Waals surface area contributed by atoms with Crippen LogP contribution in [-0.4, -0.2) is 46.6 Å². The highest BCUT2D eigenvalue weighted by molar-refractivity contribution is 9.10. The van der Waals surface area contributed by atoms with Crippen molar-refractivity contribution in [1.82, 2.24) is 14.7 Å². The largest absolute Gasteiger partial charge is 0.324 e. The molecule has 0 saturated carbocycles. The first-order chi connectivity index (χ1) is 14.3. The van der Waals surface area contributed by atoms with E-state index in [1.54, 1.807) is 43.1 Å². The quantitative estimate of drug-likeness (QED) is 0.549. The van der Waals surface area contributed by atoms with E-state index in [9.17, 15) is 14.0 Å². The summed E-state index contributed by atoms with van der Waals surface area (Å²) < 4.78 is 15.5. The first-order valence-electron chi connectivity index (χ1n) is 9.17. The summed E-state index contributed by atoms with van der Waals surface area (Å²) in [6.45, 7) is 1.86. The van der Waals surface area contributed by atoms with Crippen molar-refractivity contribution in [3.8, 4) is 5.69 Å². The smallest absolute Gasteiger partial charge is 0.239 e. The number of anilines is 2. The normalized spacial score (nSPS) is 10.8. The zero-order valence-electron chi connectivity index (χ0n) is 16.5. The van der Waals surface area contributed by atoms with Crippen molar-refractivity contribution in [3.05, 3.63) is 70.6 Å². The molecular formula is C21H21BrFN5O2. The highest BCUT2D eigenvalue weighted by atomic mass is 79.9. The average Bonchev–Trinajstić information content (AvgIpc) is 3.03. The fraction of sp³-hybridized carbons (Fsp3) is 0.190. The second-order valence-corrected chi connectivity index (χ2v) is 7.66. The maximum atomic E-state index is 13.2. The number of hydrogen-bond donors (Lipinski definition) is 2. The number of halogens is 2. The summed E-state index contributed by atoms with van der Waals surface area (Å²) in [4.78, 5) is 26.3. The molecule has 0 radical (unpaired) electrons. The fourth-order valence-corrected chi connectivity index (χ4v) is 3.23. The number of aromatic nitrogens is 2. The lowest BCUT2D eigenvalue weighted by atomic mass is 10.3. The monoisotopic (exact) mass is 473 g/mol. The van der Waals surface area contributed by atoms with Gasteiger partial charge in [-0.15, -0.1) is 0 Å². The van der Waals surface area contributed by atoms with Gasteiger partial charge in [0.25, 0.3) is 0 Å². The maximum Gasteiger partial charge on any atom is 0.239 e. The molecule has 0 aliphatic rings. The van der Waals surface area contributed by atoms with Crippen molar-refractivity contribution >= 4 is 39.2 Å². The van der Waals surface area contributed by atoms with Crippen molar-refractivity contribution in [2.45, 2.75) is 6.92 Å². The summed E-state index contributed by atoms with van der Waals surface area (Å²) >= 11 is 3.38. The van der Waals surface area contributed by atoms with Gasteiger partial charge >= 0.3 is 0 Å². The molecule has 0 saturated heterocycles. The van der Waals surface area contributed by atoms with Crippen LogP contribution in [-0.2, 0) is 9.59 Å². The maximum absolute atomic E-state index is 13.2. The number of rotatable bonds is 7. The molecule has 0 aliphatic heterocycles. The number of para-hydroxylation sites is 1. The lowest BCUT2D eigenvalue weighted by molar-refractivity contribution is -0.119. The Morgan fingerprint density at radius 2 is 1.70 bits per heavy atom. The molecule has 30 heavy (non-hydrogen) atoms. The van der Waals surface area contributed by atoms with Gasteiger partial charge in [-0.3, -0.25) is 14.5 Å². The van der Waals surface area contributed by atoms with Crippen molar-refractivity contribution in [1.29, 1.82) is 0 Å². The Kier molecular flexibility index (Phi) is 6.96. The van der Waals surface area contributed by atoms with Crippen LogP contribution in [0.3, 0.4) is 0 Å². The van der Waals surface area contributed by atoms with Crippen molar-refractivity contribution in [3.63, 3.8) is 0 Å². The van der Waals surface area contributed by atoms with E-state index in [2.05, 4.69) is 31.7 Å². The van der Waals surface area contributed by atoms with Crippen LogP contribution >= 0.6 is 15.9 Å². The highest BCUT2D eigenvalue weighted by Crippen LogP contribution is 2.21. The summed E-state index contributed by atoms with van der Waals surface area (Å²) in [6, 6.07) is 14.8. The molecule has 2 N–H and O–H groups in total. The zero-order valence-corrected chi connectivity index (χ0v) is 18.1. The van der Waals surface area contributed by atoms with Crippen LogP contribution in [0.5, 0.6) is 0 Å². The summed E-state index contributed by atoms with van der Waals surface area (Å²) in [5.41, 5.74) is 2.00. The van der Waals surface area contributed by atoms with Gasteiger partial charge in [0.1, 0.15) is 11.6 Å². The minimum atomic E-state index is -0.351. The van der Waals surface area contributed by atoms with Crippen LogP contribution in [0.25, 0.3) is 5.69 Å². The summed E-state index contributed by atoms with van der Waals surface area (Å²) in [6.07, 6.45) is 0. The molecule has 0 unspecified atom stereocenters. The van der Waals surface area contributed by atoms with Gasteiger partial charge < -0.3 is 10.6 Å². The number of hydrogen-bond acceptors (Lipinski definition) is 4. The number of likely N-dealkylation sites (N-methyl/N-ethyl adjacent to an activating group) is 1. The van der Waals surface area contributed by atoms with Crippen molar-refractivity contribution in [2.24, 2.45) is 0 Å². The average molecular weight is 474 g/mol. The first-order valence-corrected chi connectivity index (χ1v) is 9.96. The van der Waals surface area contributed by atoms with Gasteiger partial charge in [0.05, 0.1) is 30.2 Å². The summed E-state index contributed by atoms with van der Waals surface area (Å²) in [5.74, 6) is -0.412. The first kappa shape index (κ1) is 21.7. The number of carbonyl (C=O) groups excluding carboxylic acids is 2. The number of nitrogens with one attached hydrogen (secondary N) is 2. The van der Waals surface area contributed by atoms with Gasteiger partial charge in [0.2, 0.25) is 11.8 Å². The minimum Gasteiger partial charge on any atom is -0.324 e. The van der Waals surface area contributed by atoms with E-state index in [4.69, 9.17) is 0 Å². The lowest BCUT2D eigenvalue weighted by Crippen LogP contribution is -2.36. The van der Waals surface area contributed by atoms with E-state index in [0.717, 1.165) is 4.47 Å². The topological polar surface area (TPSA) is 79.3 Å². The molecule has 0 bridgehead atoms. The Morgan fingerprint density at radius 1 is 1.07 bits per heavy atom. The Balaban J connectivity index is 1.58. The molecular weight excluding hydrogens is 453 g/mol. The lowest BCUT2D eigenvalue weighted by Gasteiger charge is -2.16. The van der Waals surface area contributed by atoms with Gasteiger partial charge in [0, 0.05) is 10.5 Å². The van der Waals surface area contributed by atoms with Crippen LogP contribution in [0.15, 0.2) is 59.1 Å². The van der Waals surface area contributed by atoms with Gasteiger partial charge in [-0.05, 0) is 66.3 Å². The molecule has 0 atom stereocenters. The summed E-state index contributed by atoms with van der Waals surface area (Å²) in [7, 11) is 1.68. The van der Waals surface area contributed by atoms with Gasteiger partial charge in [-0.2, -0.15) is 5.10 Å². The van der Waals surface area contributed by atoms with Gasteiger partial charge in [-0.25, -0.2) is 9.07 Å². The van der Waals surface area contributed by atoms with Crippen LogP contribution in [0.1, 0.15) is 5.69 Å². The molecule has 1 heterocycles. The van der Waals surface area contributed by atoms with E-state index in [0.29, 0.717) is 22.9 Å². The molecule has 0 fully saturated rings. The fourth-order valence-electron chi connectivity index (χ4n) is 2.85. The third kappa shape index (κ3) is 5.74. The number of benzene rings is 2. The molecule has 3 rings (SSSR count). The van der Waals surface area contributed by atoms with Crippen LogP contribution in [0.2, 0.25) is 0 Å². The van der Waals surface area contributed by atoms with E-state index >= 15 is 0 Å². The molecule has 2 aromatic carbocycles. The Morgan fingerprint density at radius 3 is 2.37 bits per heavy atom. The van der Waals surface area contributed by atoms with E-state index in [1.165, 1.54) is 16.8 Å². The van der Waals surface area contributed by atoms with Gasteiger partial charge in [0.15, 0.2) is 0 Å². The van der Waals surface area contributed by atoms with Crippen molar-refractivity contribution in [2.75, 3.05) is 30.8 Å². The predicted octanol–water partition coefficient (Wildman–Crippen LogP) is 3.59. The summed E-state index contributed by atoms with van der Waals surface area (Å²) in [5, 5.41) is 9.94. The van der Waals surface area contributed by atoms with Crippen LogP contribution < -0.4 is 10.6 Å². The van der Waals surface area contributed by atoms with Crippen molar-refractivity contribution < 1.29 is 14.0 Å². The molecule has 0 aliphatic carbocycles. The number of aryl methyl sites for hydroxylation is 1. The third-order valence-electron chi connectivity index (χ3n) is 4.15. The zero-order chi connectivity index (χ0) is 21.7. The van der Waals surface area contributed by atoms with E-state index in [-0.39, 0.29) is 30.7 Å². The molecule has 0 spiro atoms. The predicted molar refractivity (Wildman–Crippen MR) is 117 cm³/mol.